The van der Waals surface area contributed by atoms with Gasteiger partial charge in [0.25, 0.3) is 11.5 Å². The molecular formula is C12H10N8O2. The van der Waals surface area contributed by atoms with Crippen molar-refractivity contribution < 1.29 is 4.79 Å². The summed E-state index contributed by atoms with van der Waals surface area (Å²) >= 11 is 0. The standard InChI is InChI=1S/C12H10N8O2/c1-7-4-10(21)16-12(15-7)17-11(22)8-2-3-9(19-18-8)20-6-13-5-14-20/h2-6H,1H3,(H2,15,16,17,21,22). The summed E-state index contributed by atoms with van der Waals surface area (Å²) in [5.74, 6) is -0.0559. The first-order valence-corrected chi connectivity index (χ1v) is 6.20. The van der Waals surface area contributed by atoms with Crippen molar-refractivity contribution in [2.24, 2.45) is 0 Å². The van der Waals surface area contributed by atoms with Crippen molar-refractivity contribution in [3.8, 4) is 5.82 Å². The smallest absolute Gasteiger partial charge is 0.278 e. The minimum Gasteiger partial charge on any atom is -0.292 e. The fourth-order valence-electron chi connectivity index (χ4n) is 1.70. The highest BCUT2D eigenvalue weighted by Gasteiger charge is 2.11. The summed E-state index contributed by atoms with van der Waals surface area (Å²) < 4.78 is 1.41. The molecule has 3 aromatic heterocycles. The maximum Gasteiger partial charge on any atom is 0.278 e. The zero-order valence-electron chi connectivity index (χ0n) is 11.4. The van der Waals surface area contributed by atoms with Crippen LogP contribution in [0.2, 0.25) is 0 Å². The molecule has 0 atom stereocenters. The van der Waals surface area contributed by atoms with Crippen LogP contribution in [0.5, 0.6) is 0 Å². The third-order valence-corrected chi connectivity index (χ3v) is 2.64. The molecule has 1 amide bonds. The second kappa shape index (κ2) is 5.52. The first-order valence-electron chi connectivity index (χ1n) is 6.20. The average molecular weight is 298 g/mol. The average Bonchev–Trinajstić information content (AvgIpc) is 3.00. The summed E-state index contributed by atoms with van der Waals surface area (Å²) in [6.07, 6.45) is 2.83. The quantitative estimate of drug-likeness (QED) is 0.678. The van der Waals surface area contributed by atoms with Crippen molar-refractivity contribution in [1.29, 1.82) is 0 Å². The van der Waals surface area contributed by atoms with Crippen LogP contribution in [0, 0.1) is 6.92 Å². The van der Waals surface area contributed by atoms with Gasteiger partial charge in [-0.1, -0.05) is 0 Å². The summed E-state index contributed by atoms with van der Waals surface area (Å²) in [5, 5.41) is 14.0. The van der Waals surface area contributed by atoms with Gasteiger partial charge in [0, 0.05) is 11.8 Å². The highest BCUT2D eigenvalue weighted by molar-refractivity contribution is 6.01. The molecule has 3 rings (SSSR count). The predicted octanol–water partition coefficient (Wildman–Crippen LogP) is -0.299. The van der Waals surface area contributed by atoms with Crippen molar-refractivity contribution in [3.05, 3.63) is 52.6 Å². The molecule has 0 aliphatic carbocycles. The lowest BCUT2D eigenvalue weighted by molar-refractivity contribution is 0.102. The number of aromatic nitrogens is 7. The Bertz CT molecular complexity index is 854. The Labute approximate surface area is 123 Å². The Hall–Kier alpha value is -3.43. The second-order valence-corrected chi connectivity index (χ2v) is 4.31. The number of hydrogen-bond donors (Lipinski definition) is 2. The van der Waals surface area contributed by atoms with E-state index in [2.05, 4.69) is 35.6 Å². The first-order chi connectivity index (χ1) is 10.6. The third-order valence-electron chi connectivity index (χ3n) is 2.64. The molecule has 0 aromatic carbocycles. The van der Waals surface area contributed by atoms with E-state index in [9.17, 15) is 9.59 Å². The summed E-state index contributed by atoms with van der Waals surface area (Å²) in [4.78, 5) is 33.5. The van der Waals surface area contributed by atoms with E-state index in [-0.39, 0.29) is 17.2 Å². The number of nitrogens with one attached hydrogen (secondary N) is 2. The van der Waals surface area contributed by atoms with Gasteiger partial charge in [-0.3, -0.25) is 19.9 Å². The largest absolute Gasteiger partial charge is 0.292 e. The molecule has 3 aromatic rings. The van der Waals surface area contributed by atoms with Gasteiger partial charge >= 0.3 is 0 Å². The number of hydrogen-bond acceptors (Lipinski definition) is 7. The number of carbonyl (C=O) groups excluding carboxylic acids is 1. The highest BCUT2D eigenvalue weighted by atomic mass is 16.2. The van der Waals surface area contributed by atoms with E-state index in [4.69, 9.17) is 0 Å². The maximum atomic E-state index is 12.0. The summed E-state index contributed by atoms with van der Waals surface area (Å²) in [6.45, 7) is 1.65. The van der Waals surface area contributed by atoms with Crippen molar-refractivity contribution in [1.82, 2.24) is 34.9 Å². The van der Waals surface area contributed by atoms with Gasteiger partial charge in [-0.05, 0) is 19.1 Å². The molecule has 10 nitrogen and oxygen atoms in total. The zero-order valence-corrected chi connectivity index (χ0v) is 11.4. The SMILES string of the molecule is Cc1cc(=O)[nH]c(NC(=O)c2ccc(-n3cncn3)nn2)n1. The number of rotatable bonds is 3. The summed E-state index contributed by atoms with van der Waals surface area (Å²) in [5.41, 5.74) is 0.218. The monoisotopic (exact) mass is 298 g/mol. The van der Waals surface area contributed by atoms with Crippen LogP contribution in [-0.2, 0) is 0 Å². The molecular weight excluding hydrogens is 288 g/mol. The number of carbonyl (C=O) groups is 1. The molecule has 0 saturated carbocycles. The van der Waals surface area contributed by atoms with Crippen molar-refractivity contribution in [2.45, 2.75) is 6.92 Å². The molecule has 3 heterocycles. The Morgan fingerprint density at radius 1 is 1.32 bits per heavy atom. The molecule has 22 heavy (non-hydrogen) atoms. The second-order valence-electron chi connectivity index (χ2n) is 4.31. The van der Waals surface area contributed by atoms with E-state index >= 15 is 0 Å². The van der Waals surface area contributed by atoms with Crippen LogP contribution >= 0.6 is 0 Å². The zero-order chi connectivity index (χ0) is 15.5. The molecule has 0 saturated heterocycles. The van der Waals surface area contributed by atoms with E-state index in [0.717, 1.165) is 0 Å². The predicted molar refractivity (Wildman–Crippen MR) is 74.5 cm³/mol. The fourth-order valence-corrected chi connectivity index (χ4v) is 1.70. The minimum absolute atomic E-state index is 0.0529. The van der Waals surface area contributed by atoms with Crippen molar-refractivity contribution >= 4 is 11.9 Å². The highest BCUT2D eigenvalue weighted by Crippen LogP contribution is 2.03. The molecule has 110 valence electrons. The van der Waals surface area contributed by atoms with Gasteiger partial charge in [0.2, 0.25) is 5.95 Å². The number of aromatic amines is 1. The van der Waals surface area contributed by atoms with Crippen LogP contribution in [0.3, 0.4) is 0 Å². The van der Waals surface area contributed by atoms with Crippen LogP contribution in [0.15, 0.2) is 35.6 Å². The van der Waals surface area contributed by atoms with Crippen LogP contribution in [-0.4, -0.2) is 40.8 Å². The Morgan fingerprint density at radius 3 is 2.82 bits per heavy atom. The number of anilines is 1. The molecule has 0 fully saturated rings. The van der Waals surface area contributed by atoms with Crippen LogP contribution in [0.1, 0.15) is 16.2 Å². The summed E-state index contributed by atoms with van der Waals surface area (Å²) in [6, 6.07) is 4.37. The van der Waals surface area contributed by atoms with Crippen LogP contribution in [0.4, 0.5) is 5.95 Å². The Morgan fingerprint density at radius 2 is 2.18 bits per heavy atom. The van der Waals surface area contributed by atoms with Gasteiger partial charge in [-0.25, -0.2) is 14.6 Å². The topological polar surface area (TPSA) is 131 Å². The van der Waals surface area contributed by atoms with Gasteiger partial charge in [0.05, 0.1) is 0 Å². The number of nitrogens with zero attached hydrogens (tertiary/aromatic N) is 6. The molecule has 0 aliphatic rings. The normalized spacial score (nSPS) is 10.4. The molecule has 0 aliphatic heterocycles. The van der Waals surface area contributed by atoms with E-state index < -0.39 is 5.91 Å². The van der Waals surface area contributed by atoms with Gasteiger partial charge in [0.15, 0.2) is 11.5 Å². The van der Waals surface area contributed by atoms with E-state index in [1.807, 2.05) is 0 Å². The molecule has 0 bridgehead atoms. The van der Waals surface area contributed by atoms with E-state index in [1.54, 1.807) is 13.0 Å². The van der Waals surface area contributed by atoms with E-state index in [0.29, 0.717) is 11.5 Å². The molecule has 2 N–H and O–H groups in total. The number of aryl methyl sites for hydroxylation is 1. The lowest BCUT2D eigenvalue weighted by atomic mass is 10.3. The Balaban J connectivity index is 1.79. The third kappa shape index (κ3) is 2.85. The van der Waals surface area contributed by atoms with Gasteiger partial charge in [0.1, 0.15) is 12.7 Å². The molecule has 0 unspecified atom stereocenters. The van der Waals surface area contributed by atoms with Gasteiger partial charge < -0.3 is 0 Å². The van der Waals surface area contributed by atoms with E-state index in [1.165, 1.54) is 29.5 Å². The van der Waals surface area contributed by atoms with Gasteiger partial charge in [-0.2, -0.15) is 5.10 Å². The Kier molecular flexibility index (Phi) is 3.40. The maximum absolute atomic E-state index is 12.0. The minimum atomic E-state index is -0.536. The number of H-pyrrole nitrogens is 1. The lowest BCUT2D eigenvalue weighted by Crippen LogP contribution is -2.20. The van der Waals surface area contributed by atoms with Crippen molar-refractivity contribution in [3.63, 3.8) is 0 Å². The lowest BCUT2D eigenvalue weighted by Gasteiger charge is -2.04. The van der Waals surface area contributed by atoms with Gasteiger partial charge in [-0.15, -0.1) is 10.2 Å². The number of amides is 1. The first kappa shape index (κ1) is 13.5. The summed E-state index contributed by atoms with van der Waals surface area (Å²) in [7, 11) is 0. The molecule has 0 radical (unpaired) electrons. The molecule has 0 spiro atoms. The van der Waals surface area contributed by atoms with Crippen LogP contribution < -0.4 is 10.9 Å². The van der Waals surface area contributed by atoms with Crippen molar-refractivity contribution in [2.75, 3.05) is 5.32 Å². The van der Waals surface area contributed by atoms with Crippen LogP contribution in [0.25, 0.3) is 5.82 Å². The molecule has 10 heteroatoms. The fraction of sp³-hybridized carbons (Fsp3) is 0.0833.